The maximum absolute atomic E-state index is 13.6. The number of alkyl halides is 3. The van der Waals surface area contributed by atoms with Crippen LogP contribution in [0, 0.1) is 5.82 Å². The number of rotatable bonds is 7. The third kappa shape index (κ3) is 7.49. The van der Waals surface area contributed by atoms with Crippen molar-refractivity contribution in [2.24, 2.45) is 5.73 Å². The number of anilines is 2. The molecule has 2 aromatic carbocycles. The molecule has 2 aliphatic rings. The van der Waals surface area contributed by atoms with Crippen LogP contribution in [0.5, 0.6) is 0 Å². The summed E-state index contributed by atoms with van der Waals surface area (Å²) in [5, 5.41) is 8.11. The highest BCUT2D eigenvalue weighted by Gasteiger charge is 2.47. The molecule has 3 atom stereocenters. The van der Waals surface area contributed by atoms with Crippen LogP contribution in [0.2, 0.25) is 0 Å². The van der Waals surface area contributed by atoms with Crippen molar-refractivity contribution in [3.05, 3.63) is 56.7 Å². The smallest absolute Gasteiger partial charge is 0.334 e. The van der Waals surface area contributed by atoms with E-state index in [1.165, 1.54) is 17.0 Å². The first-order valence-corrected chi connectivity index (χ1v) is 14.4. The average Bonchev–Trinajstić information content (AvgIpc) is 3.30. The molecule has 15 heteroatoms. The van der Waals surface area contributed by atoms with E-state index in [0.717, 1.165) is 24.3 Å². The van der Waals surface area contributed by atoms with Crippen LogP contribution in [-0.2, 0) is 11.0 Å². The number of nitrogens with zero attached hydrogens (tertiary/aromatic N) is 2. The van der Waals surface area contributed by atoms with Crippen molar-refractivity contribution < 1.29 is 31.9 Å². The standard InChI is InChI=1S/C26H28Br2F4N6O3/c27-19-9-15(29)10-20(28)22(19)36-24(40)34-17-11-18-13-38(21(3-1-2-8-33)23(39)37(18)12-17)25(41)35-16-6-4-14(5-7-16)26(30,31)32/h4-7,9-10,17-18,21H,1-3,8,11-13,33H2,(H,35,41)(H2,34,36,40)/t17-,18-,21-/m1/s1. The van der Waals surface area contributed by atoms with E-state index in [0.29, 0.717) is 46.9 Å². The molecule has 9 nitrogen and oxygen atoms in total. The van der Waals surface area contributed by atoms with Crippen molar-refractivity contribution in [2.75, 3.05) is 30.3 Å². The molecule has 41 heavy (non-hydrogen) atoms. The Morgan fingerprint density at radius 3 is 2.29 bits per heavy atom. The Balaban J connectivity index is 1.44. The second kappa shape index (κ2) is 12.9. The summed E-state index contributed by atoms with van der Waals surface area (Å²) < 4.78 is 53.0. The zero-order chi connectivity index (χ0) is 29.9. The fraction of sp³-hybridized carbons (Fsp3) is 0.423. The number of nitrogens with two attached hydrogens (primary N) is 1. The number of hydrogen-bond acceptors (Lipinski definition) is 4. The summed E-state index contributed by atoms with van der Waals surface area (Å²) in [5.74, 6) is -0.761. The van der Waals surface area contributed by atoms with Crippen LogP contribution in [-0.4, -0.2) is 65.5 Å². The normalized spacial score (nSPS) is 20.6. The molecule has 2 aromatic rings. The van der Waals surface area contributed by atoms with Crippen molar-refractivity contribution in [1.82, 2.24) is 15.1 Å². The minimum atomic E-state index is -4.50. The topological polar surface area (TPSA) is 120 Å². The van der Waals surface area contributed by atoms with Crippen molar-refractivity contribution in [2.45, 2.75) is 50.0 Å². The summed E-state index contributed by atoms with van der Waals surface area (Å²) in [6, 6.07) is 3.77. The lowest BCUT2D eigenvalue weighted by Gasteiger charge is -2.42. The first-order chi connectivity index (χ1) is 19.4. The second-order valence-corrected chi connectivity index (χ2v) is 11.6. The molecule has 2 aliphatic heterocycles. The fourth-order valence-corrected chi connectivity index (χ4v) is 6.39. The molecule has 0 radical (unpaired) electrons. The van der Waals surface area contributed by atoms with Crippen LogP contribution in [0.15, 0.2) is 45.3 Å². The van der Waals surface area contributed by atoms with Gasteiger partial charge in [-0.3, -0.25) is 4.79 Å². The number of halogens is 6. The number of benzene rings is 2. The van der Waals surface area contributed by atoms with Gasteiger partial charge in [0.2, 0.25) is 5.91 Å². The van der Waals surface area contributed by atoms with Gasteiger partial charge in [0.05, 0.1) is 23.3 Å². The molecule has 0 saturated carbocycles. The van der Waals surface area contributed by atoms with Crippen LogP contribution in [0.25, 0.3) is 0 Å². The Bertz CT molecular complexity index is 1270. The number of fused-ring (bicyclic) bond motifs is 1. The number of carbonyl (C=O) groups is 3. The van der Waals surface area contributed by atoms with Crippen LogP contribution >= 0.6 is 31.9 Å². The van der Waals surface area contributed by atoms with Gasteiger partial charge in [0.25, 0.3) is 0 Å². The molecule has 2 heterocycles. The molecule has 4 rings (SSSR count). The Kier molecular flexibility index (Phi) is 9.80. The van der Waals surface area contributed by atoms with E-state index in [1.807, 2.05) is 0 Å². The molecule has 0 bridgehead atoms. The predicted octanol–water partition coefficient (Wildman–Crippen LogP) is 5.51. The Labute approximate surface area is 250 Å². The Morgan fingerprint density at radius 1 is 1.02 bits per heavy atom. The molecule has 0 aromatic heterocycles. The van der Waals surface area contributed by atoms with Gasteiger partial charge < -0.3 is 31.5 Å². The minimum Gasteiger partial charge on any atom is -0.334 e. The Hall–Kier alpha value is -2.91. The van der Waals surface area contributed by atoms with Gasteiger partial charge >= 0.3 is 18.2 Å². The number of carbonyl (C=O) groups excluding carboxylic acids is 3. The summed E-state index contributed by atoms with van der Waals surface area (Å²) in [4.78, 5) is 42.6. The molecular weight excluding hydrogens is 680 g/mol. The Morgan fingerprint density at radius 2 is 1.68 bits per heavy atom. The molecule has 5 amide bonds. The lowest BCUT2D eigenvalue weighted by atomic mass is 10.0. The molecule has 2 saturated heterocycles. The average molecular weight is 708 g/mol. The van der Waals surface area contributed by atoms with E-state index in [9.17, 15) is 31.9 Å². The molecule has 0 spiro atoms. The monoisotopic (exact) mass is 706 g/mol. The van der Waals surface area contributed by atoms with Crippen molar-refractivity contribution in [1.29, 1.82) is 0 Å². The highest BCUT2D eigenvalue weighted by atomic mass is 79.9. The van der Waals surface area contributed by atoms with E-state index >= 15 is 0 Å². The summed E-state index contributed by atoms with van der Waals surface area (Å²) in [5.41, 5.74) is 5.27. The van der Waals surface area contributed by atoms with E-state index in [2.05, 4.69) is 47.8 Å². The lowest BCUT2D eigenvalue weighted by molar-refractivity contribution is -0.142. The minimum absolute atomic E-state index is 0.166. The highest BCUT2D eigenvalue weighted by Crippen LogP contribution is 2.33. The lowest BCUT2D eigenvalue weighted by Crippen LogP contribution is -2.62. The zero-order valence-corrected chi connectivity index (χ0v) is 24.8. The fourth-order valence-electron chi connectivity index (χ4n) is 5.06. The van der Waals surface area contributed by atoms with Gasteiger partial charge in [-0.25, -0.2) is 14.0 Å². The highest BCUT2D eigenvalue weighted by molar-refractivity contribution is 9.11. The quantitative estimate of drug-likeness (QED) is 0.224. The van der Waals surface area contributed by atoms with Crippen LogP contribution in [0.3, 0.4) is 0 Å². The van der Waals surface area contributed by atoms with Gasteiger partial charge in [0, 0.05) is 27.7 Å². The number of piperazine rings is 1. The van der Waals surface area contributed by atoms with Crippen molar-refractivity contribution >= 4 is 61.2 Å². The van der Waals surface area contributed by atoms with Gasteiger partial charge in [-0.2, -0.15) is 13.2 Å². The predicted molar refractivity (Wildman–Crippen MR) is 152 cm³/mol. The third-order valence-electron chi connectivity index (χ3n) is 7.00. The maximum atomic E-state index is 13.6. The molecule has 0 unspecified atom stereocenters. The van der Waals surface area contributed by atoms with Gasteiger partial charge in [-0.1, -0.05) is 0 Å². The largest absolute Gasteiger partial charge is 0.416 e. The van der Waals surface area contributed by atoms with Gasteiger partial charge in [0.1, 0.15) is 11.9 Å². The number of hydrogen-bond donors (Lipinski definition) is 4. The molecule has 2 fully saturated rings. The van der Waals surface area contributed by atoms with Crippen molar-refractivity contribution in [3.8, 4) is 0 Å². The van der Waals surface area contributed by atoms with E-state index < -0.39 is 41.7 Å². The SMILES string of the molecule is NCCCC[C@@H]1C(=O)N2C[C@H](NC(=O)Nc3c(Br)cc(F)cc3Br)C[C@@H]2CN1C(=O)Nc1ccc(C(F)(F)F)cc1. The van der Waals surface area contributed by atoms with E-state index in [1.54, 1.807) is 4.90 Å². The number of amides is 5. The van der Waals surface area contributed by atoms with Crippen LogP contribution in [0.1, 0.15) is 31.2 Å². The molecular formula is C26H28Br2F4N6O3. The second-order valence-electron chi connectivity index (χ2n) is 9.88. The first-order valence-electron chi connectivity index (χ1n) is 12.8. The van der Waals surface area contributed by atoms with Crippen LogP contribution < -0.4 is 21.7 Å². The summed E-state index contributed by atoms with van der Waals surface area (Å²) >= 11 is 6.44. The first kappa shape index (κ1) is 31.0. The van der Waals surface area contributed by atoms with Gasteiger partial charge in [-0.05, 0) is 100 Å². The van der Waals surface area contributed by atoms with E-state index in [-0.39, 0.29) is 30.7 Å². The molecule has 222 valence electrons. The summed E-state index contributed by atoms with van der Waals surface area (Å²) in [6.07, 6.45) is -2.51. The molecule has 0 aliphatic carbocycles. The maximum Gasteiger partial charge on any atom is 0.416 e. The van der Waals surface area contributed by atoms with Gasteiger partial charge in [-0.15, -0.1) is 0 Å². The van der Waals surface area contributed by atoms with Crippen LogP contribution in [0.4, 0.5) is 38.5 Å². The summed E-state index contributed by atoms with van der Waals surface area (Å²) in [7, 11) is 0. The number of unbranched alkanes of at least 4 members (excludes halogenated alkanes) is 1. The van der Waals surface area contributed by atoms with Crippen molar-refractivity contribution in [3.63, 3.8) is 0 Å². The zero-order valence-electron chi connectivity index (χ0n) is 21.6. The summed E-state index contributed by atoms with van der Waals surface area (Å²) in [6.45, 7) is 0.844. The number of nitrogens with one attached hydrogen (secondary N) is 3. The third-order valence-corrected chi connectivity index (χ3v) is 8.25. The van der Waals surface area contributed by atoms with Gasteiger partial charge in [0.15, 0.2) is 0 Å². The van der Waals surface area contributed by atoms with E-state index in [4.69, 9.17) is 5.73 Å². The molecule has 5 N–H and O–H groups in total. The number of urea groups is 2.